The highest BCUT2D eigenvalue weighted by Crippen LogP contribution is 2.58. The van der Waals surface area contributed by atoms with Crippen molar-refractivity contribution in [2.75, 3.05) is 6.61 Å². The van der Waals surface area contributed by atoms with Crippen LogP contribution in [0.15, 0.2) is 18.2 Å². The van der Waals surface area contributed by atoms with Crippen LogP contribution in [0.4, 0.5) is 0 Å². The van der Waals surface area contributed by atoms with E-state index in [9.17, 15) is 28.7 Å². The second kappa shape index (κ2) is 7.67. The molecule has 1 atom stereocenters. The first-order chi connectivity index (χ1) is 11.1. The fraction of sp³-hybridized carbons (Fsp3) is 0.571. The van der Waals surface area contributed by atoms with Gasteiger partial charge in [-0.05, 0) is 42.5 Å². The Labute approximate surface area is 140 Å². The van der Waals surface area contributed by atoms with Crippen LogP contribution in [0.1, 0.15) is 30.9 Å². The van der Waals surface area contributed by atoms with E-state index >= 15 is 0 Å². The van der Waals surface area contributed by atoms with Gasteiger partial charge in [0.2, 0.25) is 5.52 Å². The quantitative estimate of drug-likeness (QED) is 0.339. The van der Waals surface area contributed by atoms with Crippen molar-refractivity contribution in [3.8, 4) is 5.75 Å². The van der Waals surface area contributed by atoms with Gasteiger partial charge >= 0.3 is 15.2 Å². The molecule has 1 aromatic carbocycles. The molecule has 2 rings (SSSR count). The summed E-state index contributed by atoms with van der Waals surface area (Å²) in [5.74, 6) is 0.726. The lowest BCUT2D eigenvalue weighted by Crippen LogP contribution is -2.38. The molecule has 0 radical (unpaired) electrons. The maximum absolute atomic E-state index is 11.4. The van der Waals surface area contributed by atoms with Crippen LogP contribution in [0.5, 0.6) is 5.75 Å². The average Bonchev–Trinajstić information content (AvgIpc) is 2.84. The number of hydrogen-bond donors (Lipinski definition) is 5. The molecule has 0 bridgehead atoms. The lowest BCUT2D eigenvalue weighted by Gasteiger charge is -2.24. The summed E-state index contributed by atoms with van der Waals surface area (Å²) in [5.41, 5.74) is -0.244. The number of nitrogens with one attached hydrogen (secondary N) is 1. The minimum Gasteiger partial charge on any atom is -0.494 e. The molecule has 136 valence electrons. The zero-order chi connectivity index (χ0) is 18.0. The van der Waals surface area contributed by atoms with E-state index in [1.807, 2.05) is 18.2 Å². The Morgan fingerprint density at radius 1 is 1.17 bits per heavy atom. The molecule has 0 heterocycles. The van der Waals surface area contributed by atoms with Crippen molar-refractivity contribution in [2.45, 2.75) is 44.2 Å². The molecule has 0 saturated heterocycles. The fourth-order valence-corrected chi connectivity index (χ4v) is 5.12. The number of fused-ring (bicyclic) bond motifs is 1. The first-order valence-corrected chi connectivity index (χ1v) is 11.1. The van der Waals surface area contributed by atoms with Gasteiger partial charge in [0.05, 0.1) is 6.61 Å². The van der Waals surface area contributed by atoms with Crippen molar-refractivity contribution in [3.63, 3.8) is 0 Å². The molecule has 1 aliphatic carbocycles. The summed E-state index contributed by atoms with van der Waals surface area (Å²) < 4.78 is 28.3. The van der Waals surface area contributed by atoms with Crippen LogP contribution in [-0.2, 0) is 22.0 Å². The molecular formula is C14H23NO7P2. The van der Waals surface area contributed by atoms with Gasteiger partial charge in [-0.15, -0.1) is 0 Å². The molecule has 1 unspecified atom stereocenters. The molecule has 0 saturated carbocycles. The van der Waals surface area contributed by atoms with Gasteiger partial charge in [0.15, 0.2) is 0 Å². The van der Waals surface area contributed by atoms with Gasteiger partial charge in [0, 0.05) is 6.04 Å². The van der Waals surface area contributed by atoms with Crippen LogP contribution >= 0.6 is 15.2 Å². The summed E-state index contributed by atoms with van der Waals surface area (Å²) in [6, 6.07) is 5.13. The van der Waals surface area contributed by atoms with Crippen LogP contribution in [0.25, 0.3) is 0 Å². The SMILES string of the molecule is CCCCOc1ccc2c(c1)CC(NC(P(=O)(O)O)P(=O)(O)O)C2. The molecule has 10 heteroatoms. The lowest BCUT2D eigenvalue weighted by atomic mass is 10.1. The predicted molar refractivity (Wildman–Crippen MR) is 89.1 cm³/mol. The number of rotatable bonds is 8. The van der Waals surface area contributed by atoms with E-state index in [4.69, 9.17) is 4.74 Å². The van der Waals surface area contributed by atoms with Gasteiger partial charge in [-0.1, -0.05) is 19.4 Å². The van der Waals surface area contributed by atoms with Crippen molar-refractivity contribution in [1.82, 2.24) is 5.32 Å². The second-order valence-corrected chi connectivity index (χ2v) is 9.75. The number of ether oxygens (including phenoxy) is 1. The Morgan fingerprint density at radius 2 is 1.79 bits per heavy atom. The third kappa shape index (κ3) is 5.14. The molecule has 8 nitrogen and oxygen atoms in total. The normalized spacial score (nSPS) is 18.0. The zero-order valence-electron chi connectivity index (χ0n) is 13.3. The maximum Gasteiger partial charge on any atom is 0.354 e. The lowest BCUT2D eigenvalue weighted by molar-refractivity contribution is 0.309. The smallest absolute Gasteiger partial charge is 0.354 e. The van der Waals surface area contributed by atoms with Gasteiger partial charge in [-0.2, -0.15) is 0 Å². The van der Waals surface area contributed by atoms with E-state index in [2.05, 4.69) is 12.2 Å². The fourth-order valence-electron chi connectivity index (χ4n) is 2.74. The van der Waals surface area contributed by atoms with Crippen molar-refractivity contribution in [2.24, 2.45) is 0 Å². The van der Waals surface area contributed by atoms with E-state index in [0.717, 1.165) is 29.7 Å². The molecule has 0 spiro atoms. The minimum absolute atomic E-state index is 0.427. The van der Waals surface area contributed by atoms with E-state index in [1.165, 1.54) is 0 Å². The number of unbranched alkanes of at least 4 members (excludes halogenated alkanes) is 1. The van der Waals surface area contributed by atoms with Crippen LogP contribution in [0.3, 0.4) is 0 Å². The van der Waals surface area contributed by atoms with E-state index in [0.29, 0.717) is 19.4 Å². The molecule has 5 N–H and O–H groups in total. The molecule has 1 aromatic rings. The third-order valence-corrected chi connectivity index (χ3v) is 7.28. The Morgan fingerprint density at radius 3 is 2.38 bits per heavy atom. The summed E-state index contributed by atoms with van der Waals surface area (Å²) in [4.78, 5) is 36.8. The van der Waals surface area contributed by atoms with E-state index < -0.39 is 26.8 Å². The largest absolute Gasteiger partial charge is 0.494 e. The first kappa shape index (κ1) is 19.6. The van der Waals surface area contributed by atoms with Gasteiger partial charge in [0.25, 0.3) is 0 Å². The summed E-state index contributed by atoms with van der Waals surface area (Å²) in [7, 11) is -9.94. The highest BCUT2D eigenvalue weighted by molar-refractivity contribution is 7.70. The summed E-state index contributed by atoms with van der Waals surface area (Å²) in [6.07, 6.45) is 2.86. The average molecular weight is 379 g/mol. The molecule has 0 fully saturated rings. The van der Waals surface area contributed by atoms with Crippen LogP contribution in [0, 0.1) is 0 Å². The van der Waals surface area contributed by atoms with Crippen LogP contribution in [0.2, 0.25) is 0 Å². The Bertz CT molecular complexity index is 647. The monoisotopic (exact) mass is 379 g/mol. The highest BCUT2D eigenvalue weighted by atomic mass is 31.2. The maximum atomic E-state index is 11.4. The summed E-state index contributed by atoms with van der Waals surface area (Å²) >= 11 is 0. The summed E-state index contributed by atoms with van der Waals surface area (Å²) in [6.45, 7) is 2.69. The summed E-state index contributed by atoms with van der Waals surface area (Å²) in [5, 5.41) is 2.45. The van der Waals surface area contributed by atoms with Gasteiger partial charge in [0.1, 0.15) is 5.75 Å². The Kier molecular flexibility index (Phi) is 6.26. The van der Waals surface area contributed by atoms with E-state index in [1.54, 1.807) is 0 Å². The van der Waals surface area contributed by atoms with Crippen molar-refractivity contribution >= 4 is 15.2 Å². The Hall–Kier alpha value is -0.720. The molecule has 0 aliphatic heterocycles. The van der Waals surface area contributed by atoms with Crippen molar-refractivity contribution in [3.05, 3.63) is 29.3 Å². The number of benzene rings is 1. The zero-order valence-corrected chi connectivity index (χ0v) is 15.1. The standard InChI is InChI=1S/C14H23NO7P2/c1-2-3-6-22-13-5-4-10-7-12(8-11(10)9-13)15-14(23(16,17)18)24(19,20)21/h4-5,9,12,14-15H,2-3,6-8H2,1H3,(H2,16,17,18)(H2,19,20,21). The van der Waals surface area contributed by atoms with Crippen molar-refractivity contribution in [1.29, 1.82) is 0 Å². The molecular weight excluding hydrogens is 356 g/mol. The minimum atomic E-state index is -4.97. The third-order valence-electron chi connectivity index (χ3n) is 3.90. The van der Waals surface area contributed by atoms with Gasteiger partial charge in [-0.25, -0.2) is 0 Å². The highest BCUT2D eigenvalue weighted by Gasteiger charge is 2.45. The van der Waals surface area contributed by atoms with Crippen LogP contribution in [-0.4, -0.2) is 37.7 Å². The Balaban J connectivity index is 2.05. The topological polar surface area (TPSA) is 136 Å². The van der Waals surface area contributed by atoms with Gasteiger partial charge in [-0.3, -0.25) is 14.4 Å². The molecule has 0 aromatic heterocycles. The molecule has 1 aliphatic rings. The molecule has 0 amide bonds. The second-order valence-electron chi connectivity index (χ2n) is 5.96. The number of hydrogen-bond acceptors (Lipinski definition) is 4. The van der Waals surface area contributed by atoms with E-state index in [-0.39, 0.29) is 0 Å². The predicted octanol–water partition coefficient (Wildman–Crippen LogP) is 1.56. The molecule has 24 heavy (non-hydrogen) atoms. The first-order valence-electron chi connectivity index (χ1n) is 7.72. The van der Waals surface area contributed by atoms with Crippen molar-refractivity contribution < 1.29 is 33.4 Å². The van der Waals surface area contributed by atoms with Crippen LogP contribution < -0.4 is 10.1 Å². The van der Waals surface area contributed by atoms with Gasteiger partial charge < -0.3 is 24.3 Å².